The molecule has 7 nitrogen and oxygen atoms in total. The van der Waals surface area contributed by atoms with Gasteiger partial charge in [0.1, 0.15) is 5.75 Å². The number of imidazole rings is 1. The number of unbranched alkanes of at least 4 members (excludes halogenated alkanes) is 1. The molecule has 0 saturated carbocycles. The fourth-order valence-electron chi connectivity index (χ4n) is 3.39. The van der Waals surface area contributed by atoms with Crippen LogP contribution in [0.5, 0.6) is 5.75 Å². The van der Waals surface area contributed by atoms with Gasteiger partial charge in [-0.15, -0.1) is 10.2 Å². The monoisotopic (exact) mass is 422 g/mol. The van der Waals surface area contributed by atoms with Crippen LogP contribution in [0.15, 0.2) is 41.7 Å². The first kappa shape index (κ1) is 20.4. The van der Waals surface area contributed by atoms with E-state index in [1.165, 1.54) is 0 Å². The summed E-state index contributed by atoms with van der Waals surface area (Å²) in [4.78, 5) is 9.21. The van der Waals surface area contributed by atoms with Gasteiger partial charge >= 0.3 is 0 Å². The van der Waals surface area contributed by atoms with E-state index >= 15 is 0 Å². The van der Waals surface area contributed by atoms with Gasteiger partial charge in [0.2, 0.25) is 5.78 Å². The number of nitrogens with zero attached hydrogens (tertiary/aromatic N) is 6. The van der Waals surface area contributed by atoms with Crippen molar-refractivity contribution in [3.8, 4) is 17.1 Å². The Balaban J connectivity index is 1.59. The van der Waals surface area contributed by atoms with E-state index in [1.54, 1.807) is 18.9 Å². The SMILES string of the molecule is CCCCn1c(SCc2cn3c(C)cc(C)nc3n2)nnc1-c1ccc(OC)cc1. The lowest BCUT2D eigenvalue weighted by atomic mass is 10.2. The number of benzene rings is 1. The molecule has 8 heteroatoms. The predicted octanol–water partition coefficient (Wildman–Crippen LogP) is 4.71. The molecule has 156 valence electrons. The maximum atomic E-state index is 5.27. The van der Waals surface area contributed by atoms with Gasteiger partial charge < -0.3 is 9.30 Å². The summed E-state index contributed by atoms with van der Waals surface area (Å²) in [5.41, 5.74) is 4.13. The number of rotatable bonds is 8. The van der Waals surface area contributed by atoms with Crippen molar-refractivity contribution in [2.75, 3.05) is 7.11 Å². The molecule has 0 amide bonds. The van der Waals surface area contributed by atoms with Crippen molar-refractivity contribution in [2.45, 2.75) is 51.1 Å². The Morgan fingerprint density at radius 3 is 2.60 bits per heavy atom. The van der Waals surface area contributed by atoms with E-state index < -0.39 is 0 Å². The molecule has 0 saturated heterocycles. The number of hydrogen-bond acceptors (Lipinski definition) is 6. The molecular formula is C22H26N6OS. The Labute approximate surface area is 180 Å². The van der Waals surface area contributed by atoms with Crippen molar-refractivity contribution in [3.63, 3.8) is 0 Å². The summed E-state index contributed by atoms with van der Waals surface area (Å²) in [5, 5.41) is 9.88. The second-order valence-corrected chi connectivity index (χ2v) is 8.21. The second kappa shape index (κ2) is 8.87. The molecule has 30 heavy (non-hydrogen) atoms. The predicted molar refractivity (Wildman–Crippen MR) is 119 cm³/mol. The number of fused-ring (bicyclic) bond motifs is 1. The fourth-order valence-corrected chi connectivity index (χ4v) is 4.24. The van der Waals surface area contributed by atoms with Gasteiger partial charge in [0, 0.05) is 35.4 Å². The van der Waals surface area contributed by atoms with Crippen LogP contribution in [0.4, 0.5) is 0 Å². The number of aromatic nitrogens is 6. The highest BCUT2D eigenvalue weighted by Crippen LogP contribution is 2.28. The third kappa shape index (κ3) is 4.18. The van der Waals surface area contributed by atoms with E-state index in [0.717, 1.165) is 64.5 Å². The van der Waals surface area contributed by atoms with E-state index in [9.17, 15) is 0 Å². The van der Waals surface area contributed by atoms with Crippen LogP contribution in [0, 0.1) is 13.8 Å². The van der Waals surface area contributed by atoms with Crippen molar-refractivity contribution >= 4 is 17.5 Å². The maximum absolute atomic E-state index is 5.27. The van der Waals surface area contributed by atoms with Crippen LogP contribution >= 0.6 is 11.8 Å². The van der Waals surface area contributed by atoms with Crippen molar-refractivity contribution in [1.82, 2.24) is 29.1 Å². The molecular weight excluding hydrogens is 396 g/mol. The standard InChI is InChI=1S/C22H26N6OS/c1-5-6-11-27-20(17-7-9-19(29-4)10-8-17)25-26-22(27)30-14-18-13-28-16(3)12-15(2)23-21(28)24-18/h7-10,12-13H,5-6,11,14H2,1-4H3. The topological polar surface area (TPSA) is 70.1 Å². The number of ether oxygens (including phenoxy) is 1. The van der Waals surface area contributed by atoms with Crippen LogP contribution in [0.25, 0.3) is 17.2 Å². The average Bonchev–Trinajstić information content (AvgIpc) is 3.34. The van der Waals surface area contributed by atoms with Gasteiger partial charge in [-0.05, 0) is 50.6 Å². The Bertz CT molecular complexity index is 1150. The Morgan fingerprint density at radius 2 is 1.87 bits per heavy atom. The zero-order chi connectivity index (χ0) is 21.1. The van der Waals surface area contributed by atoms with E-state index in [4.69, 9.17) is 4.74 Å². The van der Waals surface area contributed by atoms with Gasteiger partial charge in [-0.3, -0.25) is 4.40 Å². The molecule has 0 N–H and O–H groups in total. The van der Waals surface area contributed by atoms with Crippen molar-refractivity contribution in [2.24, 2.45) is 0 Å². The van der Waals surface area contributed by atoms with Crippen LogP contribution in [0.3, 0.4) is 0 Å². The summed E-state index contributed by atoms with van der Waals surface area (Å²) in [6.07, 6.45) is 4.24. The highest BCUT2D eigenvalue weighted by molar-refractivity contribution is 7.98. The first-order valence-corrected chi connectivity index (χ1v) is 11.1. The highest BCUT2D eigenvalue weighted by Gasteiger charge is 2.15. The van der Waals surface area contributed by atoms with Gasteiger partial charge in [-0.1, -0.05) is 25.1 Å². The zero-order valence-corrected chi connectivity index (χ0v) is 18.6. The highest BCUT2D eigenvalue weighted by atomic mass is 32.2. The van der Waals surface area contributed by atoms with Crippen LogP contribution in [0.2, 0.25) is 0 Å². The zero-order valence-electron chi connectivity index (χ0n) is 17.8. The molecule has 0 aliphatic rings. The lowest BCUT2D eigenvalue weighted by Crippen LogP contribution is -2.02. The van der Waals surface area contributed by atoms with Gasteiger partial charge in [0.15, 0.2) is 11.0 Å². The molecule has 0 aliphatic carbocycles. The third-order valence-electron chi connectivity index (χ3n) is 4.96. The molecule has 4 aromatic rings. The van der Waals surface area contributed by atoms with E-state index in [2.05, 4.69) is 50.8 Å². The normalized spacial score (nSPS) is 11.3. The molecule has 3 heterocycles. The number of aryl methyl sites for hydroxylation is 2. The third-order valence-corrected chi connectivity index (χ3v) is 5.96. The smallest absolute Gasteiger partial charge is 0.234 e. The van der Waals surface area contributed by atoms with Crippen LogP contribution in [0.1, 0.15) is 36.8 Å². The molecule has 0 spiro atoms. The first-order chi connectivity index (χ1) is 14.6. The Morgan fingerprint density at radius 1 is 1.07 bits per heavy atom. The van der Waals surface area contributed by atoms with Gasteiger partial charge in [0.05, 0.1) is 12.8 Å². The molecule has 0 aliphatic heterocycles. The second-order valence-electron chi connectivity index (χ2n) is 7.27. The van der Waals surface area contributed by atoms with E-state index in [-0.39, 0.29) is 0 Å². The summed E-state index contributed by atoms with van der Waals surface area (Å²) < 4.78 is 9.52. The summed E-state index contributed by atoms with van der Waals surface area (Å²) in [6, 6.07) is 10.0. The van der Waals surface area contributed by atoms with Crippen molar-refractivity contribution in [1.29, 1.82) is 0 Å². The van der Waals surface area contributed by atoms with Crippen molar-refractivity contribution in [3.05, 3.63) is 53.6 Å². The number of hydrogen-bond donors (Lipinski definition) is 0. The average molecular weight is 423 g/mol. The quantitative estimate of drug-likeness (QED) is 0.383. The van der Waals surface area contributed by atoms with E-state index in [1.807, 2.05) is 35.6 Å². The molecule has 1 aromatic carbocycles. The summed E-state index contributed by atoms with van der Waals surface area (Å²) in [7, 11) is 1.67. The Kier molecular flexibility index (Phi) is 6.03. The Hall–Kier alpha value is -2.87. The number of methoxy groups -OCH3 is 1. The molecule has 0 radical (unpaired) electrons. The summed E-state index contributed by atoms with van der Waals surface area (Å²) in [6.45, 7) is 7.15. The molecule has 0 unspecified atom stereocenters. The fraction of sp³-hybridized carbons (Fsp3) is 0.364. The van der Waals surface area contributed by atoms with Gasteiger partial charge in [-0.25, -0.2) is 9.97 Å². The molecule has 4 rings (SSSR count). The van der Waals surface area contributed by atoms with Crippen LogP contribution < -0.4 is 4.74 Å². The van der Waals surface area contributed by atoms with E-state index in [0.29, 0.717) is 5.75 Å². The first-order valence-electron chi connectivity index (χ1n) is 10.1. The summed E-state index contributed by atoms with van der Waals surface area (Å²) in [5.74, 6) is 3.18. The van der Waals surface area contributed by atoms with Crippen molar-refractivity contribution < 1.29 is 4.74 Å². The molecule has 0 bridgehead atoms. The lowest BCUT2D eigenvalue weighted by Gasteiger charge is -2.09. The van der Waals surface area contributed by atoms with Gasteiger partial charge in [-0.2, -0.15) is 0 Å². The molecule has 0 atom stereocenters. The minimum absolute atomic E-state index is 0.717. The molecule has 3 aromatic heterocycles. The van der Waals surface area contributed by atoms with Crippen LogP contribution in [-0.4, -0.2) is 36.2 Å². The largest absolute Gasteiger partial charge is 0.497 e. The number of thioether (sulfide) groups is 1. The summed E-state index contributed by atoms with van der Waals surface area (Å²) >= 11 is 1.66. The van der Waals surface area contributed by atoms with Crippen LogP contribution in [-0.2, 0) is 12.3 Å². The van der Waals surface area contributed by atoms with Gasteiger partial charge in [0.25, 0.3) is 0 Å². The lowest BCUT2D eigenvalue weighted by molar-refractivity contribution is 0.415. The maximum Gasteiger partial charge on any atom is 0.234 e. The minimum Gasteiger partial charge on any atom is -0.497 e. The molecule has 0 fully saturated rings. The minimum atomic E-state index is 0.717.